The smallest absolute Gasteiger partial charge is 0.306 e. The molecule has 1 aromatic carbocycles. The van der Waals surface area contributed by atoms with Gasteiger partial charge in [0.2, 0.25) is 11.8 Å². The van der Waals surface area contributed by atoms with Crippen molar-refractivity contribution < 1.29 is 31.7 Å². The lowest BCUT2D eigenvalue weighted by Gasteiger charge is -2.31. The van der Waals surface area contributed by atoms with Gasteiger partial charge < -0.3 is 23.4 Å². The lowest BCUT2D eigenvalue weighted by molar-refractivity contribution is -0.134. The number of piperidine rings is 1. The zero-order valence-corrected chi connectivity index (χ0v) is 24.0. The molecule has 3 aromatic rings. The zero-order valence-electron chi connectivity index (χ0n) is 21.6. The summed E-state index contributed by atoms with van der Waals surface area (Å²) in [6, 6.07) is 6.31. The van der Waals surface area contributed by atoms with Gasteiger partial charge in [-0.3, -0.25) is 4.79 Å². The van der Waals surface area contributed by atoms with Crippen molar-refractivity contribution in [3.05, 3.63) is 57.3 Å². The highest BCUT2D eigenvalue weighted by molar-refractivity contribution is 7.86. The minimum Gasteiger partial charge on any atom is -0.481 e. The highest BCUT2D eigenvalue weighted by atomic mass is 35.5. The molecule has 0 radical (unpaired) electrons. The van der Waals surface area contributed by atoms with E-state index in [1.807, 2.05) is 5.38 Å². The summed E-state index contributed by atoms with van der Waals surface area (Å²) in [5.74, 6) is 0.852. The van der Waals surface area contributed by atoms with Crippen molar-refractivity contribution in [3.8, 4) is 17.5 Å². The quantitative estimate of drug-likeness (QED) is 0.331. The van der Waals surface area contributed by atoms with Crippen LogP contribution in [0.2, 0.25) is 5.02 Å². The van der Waals surface area contributed by atoms with Crippen LogP contribution in [0.25, 0.3) is 0 Å². The largest absolute Gasteiger partial charge is 0.481 e. The number of thiazole rings is 1. The van der Waals surface area contributed by atoms with Gasteiger partial charge in [0.1, 0.15) is 12.0 Å². The molecule has 5 rings (SSSR count). The van der Waals surface area contributed by atoms with Crippen molar-refractivity contribution in [1.82, 2.24) is 19.9 Å². The number of hydrogen-bond donors (Lipinski definition) is 0. The maximum Gasteiger partial charge on any atom is 0.306 e. The van der Waals surface area contributed by atoms with Gasteiger partial charge in [-0.2, -0.15) is 8.42 Å². The summed E-state index contributed by atoms with van der Waals surface area (Å²) >= 11 is 7.91. The molecule has 212 valence electrons. The Morgan fingerprint density at radius 2 is 2.00 bits per heavy atom. The predicted octanol–water partition coefficient (Wildman–Crippen LogP) is 3.58. The number of likely N-dealkylation sites (tertiary alicyclic amines) is 1. The number of amides is 1. The third-order valence-electron chi connectivity index (χ3n) is 6.43. The number of carbonyl (C=O) groups is 1. The molecule has 0 aliphatic carbocycles. The summed E-state index contributed by atoms with van der Waals surface area (Å²) in [5, 5.41) is 7.43. The lowest BCUT2D eigenvalue weighted by atomic mass is 9.97. The van der Waals surface area contributed by atoms with E-state index in [9.17, 15) is 13.2 Å². The van der Waals surface area contributed by atoms with Crippen LogP contribution in [0.1, 0.15) is 47.5 Å². The molecule has 0 bridgehead atoms. The molecule has 1 atom stereocenters. The summed E-state index contributed by atoms with van der Waals surface area (Å²) in [7, 11) is -2.26. The third-order valence-corrected chi connectivity index (χ3v) is 8.25. The molecule has 0 spiro atoms. The van der Waals surface area contributed by atoms with Crippen molar-refractivity contribution in [3.63, 3.8) is 0 Å². The highest BCUT2D eigenvalue weighted by Crippen LogP contribution is 2.40. The first-order valence-corrected chi connectivity index (χ1v) is 15.4. The Balaban J connectivity index is 1.15. The van der Waals surface area contributed by atoms with E-state index in [2.05, 4.69) is 15.1 Å². The van der Waals surface area contributed by atoms with E-state index in [1.165, 1.54) is 25.6 Å². The summed E-state index contributed by atoms with van der Waals surface area (Å²) in [5.41, 5.74) is 1.76. The van der Waals surface area contributed by atoms with Crippen molar-refractivity contribution in [2.24, 2.45) is 5.16 Å². The standard InChI is InChI=1S/C25H26ClN5O7S2/c1-35-21-11-22(28-14-27-21)36-12-23(32)31-8-6-15(7-9-31)25-29-18(13-39-25)17-10-20(37-30-17)24-16(26)4-3-5-19(24)38-40(2,33)34/h3-5,11,13-15,20H,6-10,12H2,1-2H3. The van der Waals surface area contributed by atoms with E-state index >= 15 is 0 Å². The van der Waals surface area contributed by atoms with Crippen molar-refractivity contribution in [1.29, 1.82) is 0 Å². The van der Waals surface area contributed by atoms with Crippen molar-refractivity contribution in [2.75, 3.05) is 33.1 Å². The molecule has 2 aliphatic heterocycles. The molecular formula is C25H26ClN5O7S2. The van der Waals surface area contributed by atoms with Crippen LogP contribution < -0.4 is 13.7 Å². The molecule has 12 nitrogen and oxygen atoms in total. The summed E-state index contributed by atoms with van der Waals surface area (Å²) in [4.78, 5) is 32.8. The van der Waals surface area contributed by atoms with Crippen LogP contribution in [0.4, 0.5) is 0 Å². The normalized spacial score (nSPS) is 17.7. The van der Waals surface area contributed by atoms with Crippen molar-refractivity contribution >= 4 is 44.7 Å². The fraction of sp³-hybridized carbons (Fsp3) is 0.400. The maximum absolute atomic E-state index is 12.7. The predicted molar refractivity (Wildman–Crippen MR) is 147 cm³/mol. The number of methoxy groups -OCH3 is 1. The average Bonchev–Trinajstić information content (AvgIpc) is 3.62. The Labute approximate surface area is 240 Å². The van der Waals surface area contributed by atoms with Crippen LogP contribution in [-0.2, 0) is 19.8 Å². The van der Waals surface area contributed by atoms with Gasteiger partial charge in [0.25, 0.3) is 5.91 Å². The van der Waals surface area contributed by atoms with Crippen LogP contribution in [0.5, 0.6) is 17.5 Å². The molecule has 1 amide bonds. The van der Waals surface area contributed by atoms with Crippen molar-refractivity contribution in [2.45, 2.75) is 31.3 Å². The van der Waals surface area contributed by atoms with Crippen LogP contribution >= 0.6 is 22.9 Å². The topological polar surface area (TPSA) is 142 Å². The van der Waals surface area contributed by atoms with Gasteiger partial charge >= 0.3 is 10.1 Å². The first-order valence-electron chi connectivity index (χ1n) is 12.3. The number of rotatable bonds is 9. The Morgan fingerprint density at radius 1 is 1.23 bits per heavy atom. The number of hydrogen-bond acceptors (Lipinski definition) is 12. The highest BCUT2D eigenvalue weighted by Gasteiger charge is 2.32. The van der Waals surface area contributed by atoms with Crippen LogP contribution in [0, 0.1) is 0 Å². The summed E-state index contributed by atoms with van der Waals surface area (Å²) < 4.78 is 39.1. The first-order chi connectivity index (χ1) is 19.2. The number of halogens is 1. The van der Waals surface area contributed by atoms with Gasteiger partial charge in [-0.15, -0.1) is 11.3 Å². The van der Waals surface area contributed by atoms with Gasteiger partial charge in [-0.05, 0) is 25.0 Å². The van der Waals surface area contributed by atoms with E-state index in [0.717, 1.165) is 24.1 Å². The Hall–Kier alpha value is -3.49. The molecule has 0 N–H and O–H groups in total. The number of carbonyl (C=O) groups excluding carboxylic acids is 1. The molecular weight excluding hydrogens is 582 g/mol. The number of nitrogens with zero attached hydrogens (tertiary/aromatic N) is 5. The molecule has 15 heteroatoms. The molecule has 1 unspecified atom stereocenters. The van der Waals surface area contributed by atoms with E-state index in [4.69, 9.17) is 35.1 Å². The van der Waals surface area contributed by atoms with E-state index in [1.54, 1.807) is 28.4 Å². The fourth-order valence-electron chi connectivity index (χ4n) is 4.47. The van der Waals surface area contributed by atoms with Gasteiger partial charge in [0, 0.05) is 30.8 Å². The minimum absolute atomic E-state index is 0.110. The van der Waals surface area contributed by atoms with Crippen LogP contribution in [0.3, 0.4) is 0 Å². The molecule has 0 saturated carbocycles. The van der Waals surface area contributed by atoms with Gasteiger partial charge in [0.15, 0.2) is 18.5 Å². The summed E-state index contributed by atoms with van der Waals surface area (Å²) in [6.45, 7) is 1.07. The third kappa shape index (κ3) is 6.62. The Kier molecular flexibility index (Phi) is 8.38. The van der Waals surface area contributed by atoms with E-state index in [-0.39, 0.29) is 30.1 Å². The van der Waals surface area contributed by atoms with Gasteiger partial charge in [-0.1, -0.05) is 22.8 Å². The summed E-state index contributed by atoms with van der Waals surface area (Å²) in [6.07, 6.45) is 3.59. The Morgan fingerprint density at radius 3 is 2.75 bits per heavy atom. The molecule has 2 aliphatic rings. The number of aromatic nitrogens is 3. The zero-order chi connectivity index (χ0) is 28.3. The molecule has 4 heterocycles. The second kappa shape index (κ2) is 11.9. The lowest BCUT2D eigenvalue weighted by Crippen LogP contribution is -2.40. The Bertz CT molecular complexity index is 1520. The monoisotopic (exact) mass is 607 g/mol. The molecule has 2 aromatic heterocycles. The SMILES string of the molecule is COc1cc(OCC(=O)N2CCC(c3nc(C4=NOC(c5c(Cl)cccc5OS(C)(=O)=O)C4)cs3)CC2)ncn1. The second-order valence-corrected chi connectivity index (χ2v) is 12.1. The first kappa shape index (κ1) is 28.1. The van der Waals surface area contributed by atoms with Gasteiger partial charge in [-0.25, -0.2) is 15.0 Å². The second-order valence-electron chi connectivity index (χ2n) is 9.19. The fourth-order valence-corrected chi connectivity index (χ4v) is 6.23. The molecule has 40 heavy (non-hydrogen) atoms. The van der Waals surface area contributed by atoms with Gasteiger partial charge in [0.05, 0.1) is 40.7 Å². The van der Waals surface area contributed by atoms with E-state index in [0.29, 0.717) is 47.4 Å². The average molecular weight is 608 g/mol. The van der Waals surface area contributed by atoms with E-state index < -0.39 is 16.2 Å². The number of benzene rings is 1. The maximum atomic E-state index is 12.7. The molecule has 1 fully saturated rings. The number of ether oxygens (including phenoxy) is 2. The minimum atomic E-state index is -3.75. The number of oxime groups is 1. The van der Waals surface area contributed by atoms with Crippen LogP contribution in [-0.4, -0.2) is 73.0 Å². The van der Waals surface area contributed by atoms with Crippen LogP contribution in [0.15, 0.2) is 41.1 Å². The molecule has 1 saturated heterocycles.